The number of amides is 2. The molecule has 2 amide bonds. The highest BCUT2D eigenvalue weighted by atomic mass is 35.5. The second kappa shape index (κ2) is 7.63. The SMILES string of the molecule is Cc1ccc(Cl)cc1NC(=O)NC[C@@H](c1ccsc1)N(C)C. The van der Waals surface area contributed by atoms with Crippen LogP contribution in [0.1, 0.15) is 17.2 Å². The Morgan fingerprint density at radius 2 is 2.14 bits per heavy atom. The molecule has 0 radical (unpaired) electrons. The number of anilines is 1. The van der Waals surface area contributed by atoms with Gasteiger partial charge in [-0.3, -0.25) is 0 Å². The topological polar surface area (TPSA) is 44.4 Å². The van der Waals surface area contributed by atoms with Crippen LogP contribution in [0, 0.1) is 6.92 Å². The largest absolute Gasteiger partial charge is 0.336 e. The number of carbonyl (C=O) groups is 1. The molecule has 0 bridgehead atoms. The molecule has 0 aliphatic carbocycles. The van der Waals surface area contributed by atoms with Gasteiger partial charge in [0.25, 0.3) is 0 Å². The number of nitrogens with zero attached hydrogens (tertiary/aromatic N) is 1. The number of carbonyl (C=O) groups excluding carboxylic acids is 1. The molecule has 4 nitrogen and oxygen atoms in total. The second-order valence-electron chi connectivity index (χ2n) is 5.33. The summed E-state index contributed by atoms with van der Waals surface area (Å²) in [7, 11) is 4.01. The van der Waals surface area contributed by atoms with Gasteiger partial charge in [0.05, 0.1) is 6.04 Å². The maximum atomic E-state index is 12.1. The number of hydrogen-bond donors (Lipinski definition) is 2. The van der Waals surface area contributed by atoms with Gasteiger partial charge in [-0.1, -0.05) is 17.7 Å². The lowest BCUT2D eigenvalue weighted by molar-refractivity contribution is 0.243. The first-order valence-electron chi connectivity index (χ1n) is 6.97. The van der Waals surface area contributed by atoms with Gasteiger partial charge in [-0.15, -0.1) is 0 Å². The van der Waals surface area contributed by atoms with Crippen molar-refractivity contribution in [1.82, 2.24) is 10.2 Å². The zero-order valence-electron chi connectivity index (χ0n) is 12.9. The van der Waals surface area contributed by atoms with Crippen LogP contribution < -0.4 is 10.6 Å². The van der Waals surface area contributed by atoms with Crippen molar-refractivity contribution in [1.29, 1.82) is 0 Å². The van der Waals surface area contributed by atoms with Gasteiger partial charge in [-0.05, 0) is 61.1 Å². The van der Waals surface area contributed by atoms with Gasteiger partial charge in [0.1, 0.15) is 0 Å². The van der Waals surface area contributed by atoms with Gasteiger partial charge >= 0.3 is 6.03 Å². The van der Waals surface area contributed by atoms with Gasteiger partial charge in [0.2, 0.25) is 0 Å². The minimum atomic E-state index is -0.229. The normalized spacial score (nSPS) is 12.2. The van der Waals surface area contributed by atoms with Crippen LogP contribution in [-0.2, 0) is 0 Å². The minimum absolute atomic E-state index is 0.150. The van der Waals surface area contributed by atoms with Gasteiger partial charge in [-0.25, -0.2) is 4.79 Å². The molecule has 22 heavy (non-hydrogen) atoms. The van der Waals surface area contributed by atoms with E-state index < -0.39 is 0 Å². The van der Waals surface area contributed by atoms with Crippen molar-refractivity contribution in [2.75, 3.05) is 26.0 Å². The number of rotatable bonds is 5. The van der Waals surface area contributed by atoms with Gasteiger partial charge in [0.15, 0.2) is 0 Å². The highest BCUT2D eigenvalue weighted by Gasteiger charge is 2.15. The van der Waals surface area contributed by atoms with Crippen LogP contribution in [0.25, 0.3) is 0 Å². The van der Waals surface area contributed by atoms with E-state index in [4.69, 9.17) is 11.6 Å². The van der Waals surface area contributed by atoms with Crippen LogP contribution in [0.3, 0.4) is 0 Å². The first-order valence-corrected chi connectivity index (χ1v) is 8.29. The van der Waals surface area contributed by atoms with Gasteiger partial charge < -0.3 is 15.5 Å². The van der Waals surface area contributed by atoms with Crippen LogP contribution in [0.5, 0.6) is 0 Å². The van der Waals surface area contributed by atoms with E-state index in [1.54, 1.807) is 23.5 Å². The number of halogens is 1. The Bertz CT molecular complexity index is 628. The summed E-state index contributed by atoms with van der Waals surface area (Å²) in [5, 5.41) is 10.5. The second-order valence-corrected chi connectivity index (χ2v) is 6.55. The Hall–Kier alpha value is -1.56. The molecule has 1 atom stereocenters. The molecule has 0 aliphatic rings. The fourth-order valence-electron chi connectivity index (χ4n) is 2.15. The first-order chi connectivity index (χ1) is 10.5. The smallest absolute Gasteiger partial charge is 0.319 e. The average Bonchev–Trinajstić information content (AvgIpc) is 2.96. The molecule has 0 aliphatic heterocycles. The molecule has 1 heterocycles. The summed E-state index contributed by atoms with van der Waals surface area (Å²) in [6.45, 7) is 2.47. The molecule has 2 aromatic rings. The molecular formula is C16H20ClN3OS. The Kier molecular flexibility index (Phi) is 5.83. The maximum Gasteiger partial charge on any atom is 0.319 e. The van der Waals surface area contributed by atoms with Crippen molar-refractivity contribution in [2.45, 2.75) is 13.0 Å². The number of urea groups is 1. The van der Waals surface area contributed by atoms with E-state index >= 15 is 0 Å². The third-order valence-corrected chi connectivity index (χ3v) is 4.39. The molecule has 0 spiro atoms. The lowest BCUT2D eigenvalue weighted by atomic mass is 10.1. The summed E-state index contributed by atoms with van der Waals surface area (Å²) >= 11 is 7.62. The number of nitrogens with one attached hydrogen (secondary N) is 2. The Balaban J connectivity index is 1.95. The van der Waals surface area contributed by atoms with Crippen LogP contribution in [0.15, 0.2) is 35.0 Å². The molecule has 6 heteroatoms. The number of benzene rings is 1. The number of thiophene rings is 1. The summed E-state index contributed by atoms with van der Waals surface area (Å²) in [5.74, 6) is 0. The van der Waals surface area contributed by atoms with Crippen molar-refractivity contribution in [3.63, 3.8) is 0 Å². The summed E-state index contributed by atoms with van der Waals surface area (Å²) in [6.07, 6.45) is 0. The molecular weight excluding hydrogens is 318 g/mol. The third-order valence-electron chi connectivity index (χ3n) is 3.46. The van der Waals surface area contributed by atoms with Crippen molar-refractivity contribution in [2.24, 2.45) is 0 Å². The summed E-state index contributed by atoms with van der Waals surface area (Å²) in [6, 6.07) is 7.43. The highest BCUT2D eigenvalue weighted by molar-refractivity contribution is 7.07. The van der Waals surface area contributed by atoms with E-state index in [9.17, 15) is 4.79 Å². The predicted molar refractivity (Wildman–Crippen MR) is 94.0 cm³/mol. The molecule has 2 N–H and O–H groups in total. The third kappa shape index (κ3) is 4.47. The van der Waals surface area contributed by atoms with E-state index in [0.717, 1.165) is 11.3 Å². The van der Waals surface area contributed by atoms with E-state index in [2.05, 4.69) is 27.0 Å². The van der Waals surface area contributed by atoms with E-state index in [0.29, 0.717) is 11.6 Å². The number of aryl methyl sites for hydroxylation is 1. The van der Waals surface area contributed by atoms with Gasteiger partial charge in [-0.2, -0.15) is 11.3 Å². The van der Waals surface area contributed by atoms with Crippen LogP contribution in [-0.4, -0.2) is 31.6 Å². The van der Waals surface area contributed by atoms with Crippen LogP contribution >= 0.6 is 22.9 Å². The zero-order valence-corrected chi connectivity index (χ0v) is 14.5. The number of hydrogen-bond acceptors (Lipinski definition) is 3. The maximum absolute atomic E-state index is 12.1. The lowest BCUT2D eigenvalue weighted by Gasteiger charge is -2.24. The Morgan fingerprint density at radius 1 is 1.36 bits per heavy atom. The monoisotopic (exact) mass is 337 g/mol. The molecule has 0 unspecified atom stereocenters. The summed E-state index contributed by atoms with van der Waals surface area (Å²) in [5.41, 5.74) is 2.90. The fraction of sp³-hybridized carbons (Fsp3) is 0.312. The predicted octanol–water partition coefficient (Wildman–Crippen LogP) is 4.13. The lowest BCUT2D eigenvalue weighted by Crippen LogP contribution is -2.36. The average molecular weight is 338 g/mol. The summed E-state index contributed by atoms with van der Waals surface area (Å²) < 4.78 is 0. The minimum Gasteiger partial charge on any atom is -0.336 e. The van der Waals surface area contributed by atoms with E-state index in [1.165, 1.54) is 5.56 Å². The van der Waals surface area contributed by atoms with Crippen LogP contribution in [0.2, 0.25) is 5.02 Å². The molecule has 118 valence electrons. The molecule has 2 rings (SSSR count). The molecule has 1 aromatic heterocycles. The zero-order chi connectivity index (χ0) is 16.1. The molecule has 1 aromatic carbocycles. The standard InChI is InChI=1S/C16H20ClN3OS/c1-11-4-5-13(17)8-14(11)19-16(21)18-9-15(20(2)3)12-6-7-22-10-12/h4-8,10,15H,9H2,1-3H3,(H2,18,19,21)/t15-/m0/s1. The Morgan fingerprint density at radius 3 is 2.77 bits per heavy atom. The number of likely N-dealkylation sites (N-methyl/N-ethyl adjacent to an activating group) is 1. The van der Waals surface area contributed by atoms with Crippen molar-refractivity contribution in [3.8, 4) is 0 Å². The van der Waals surface area contributed by atoms with E-state index in [1.807, 2.05) is 32.5 Å². The van der Waals surface area contributed by atoms with E-state index in [-0.39, 0.29) is 12.1 Å². The summed E-state index contributed by atoms with van der Waals surface area (Å²) in [4.78, 5) is 14.2. The molecule has 0 saturated heterocycles. The van der Waals surface area contributed by atoms with Crippen molar-refractivity contribution in [3.05, 3.63) is 51.2 Å². The van der Waals surface area contributed by atoms with Crippen molar-refractivity contribution >= 4 is 34.7 Å². The Labute approximate surface area is 140 Å². The van der Waals surface area contributed by atoms with Gasteiger partial charge in [0, 0.05) is 17.3 Å². The first kappa shape index (κ1) is 16.8. The molecule has 0 saturated carbocycles. The quantitative estimate of drug-likeness (QED) is 0.861. The highest BCUT2D eigenvalue weighted by Crippen LogP contribution is 2.21. The molecule has 0 fully saturated rings. The van der Waals surface area contributed by atoms with Crippen LogP contribution in [0.4, 0.5) is 10.5 Å². The fourth-order valence-corrected chi connectivity index (χ4v) is 3.03. The van der Waals surface area contributed by atoms with Crippen molar-refractivity contribution < 1.29 is 4.79 Å².